The first-order chi connectivity index (χ1) is 9.63. The van der Waals surface area contributed by atoms with E-state index in [0.29, 0.717) is 0 Å². The van der Waals surface area contributed by atoms with Gasteiger partial charge >= 0.3 is 0 Å². The van der Waals surface area contributed by atoms with Crippen LogP contribution in [0.15, 0.2) is 30.3 Å². The normalized spacial score (nSPS) is 10.9. The number of rotatable bonds is 3. The molecule has 0 unspecified atom stereocenters. The SMILES string of the molecule is Cc1nc(CNc2nc3ccccc3cc2C)c(C)s1. The van der Waals surface area contributed by atoms with Gasteiger partial charge in [-0.05, 0) is 38.5 Å². The zero-order valence-corrected chi connectivity index (χ0v) is 12.7. The lowest BCUT2D eigenvalue weighted by Crippen LogP contribution is -2.04. The maximum atomic E-state index is 4.69. The largest absolute Gasteiger partial charge is 0.364 e. The number of hydrogen-bond acceptors (Lipinski definition) is 4. The Hall–Kier alpha value is -1.94. The molecule has 0 aliphatic carbocycles. The van der Waals surface area contributed by atoms with Crippen LogP contribution in [-0.2, 0) is 6.54 Å². The minimum absolute atomic E-state index is 0.725. The summed E-state index contributed by atoms with van der Waals surface area (Å²) in [5.41, 5.74) is 3.29. The summed E-state index contributed by atoms with van der Waals surface area (Å²) in [6.07, 6.45) is 0. The predicted molar refractivity (Wildman–Crippen MR) is 85.4 cm³/mol. The fourth-order valence-electron chi connectivity index (χ4n) is 2.30. The summed E-state index contributed by atoms with van der Waals surface area (Å²) >= 11 is 1.74. The van der Waals surface area contributed by atoms with Crippen molar-refractivity contribution in [1.82, 2.24) is 9.97 Å². The molecule has 0 atom stereocenters. The predicted octanol–water partition coefficient (Wildman–Crippen LogP) is 4.23. The number of nitrogens with zero attached hydrogens (tertiary/aromatic N) is 2. The Labute approximate surface area is 122 Å². The third kappa shape index (κ3) is 2.51. The zero-order chi connectivity index (χ0) is 14.1. The van der Waals surface area contributed by atoms with Gasteiger partial charge in [0.1, 0.15) is 5.82 Å². The first-order valence-corrected chi connectivity index (χ1v) is 7.48. The molecule has 0 aliphatic rings. The zero-order valence-electron chi connectivity index (χ0n) is 11.9. The molecule has 20 heavy (non-hydrogen) atoms. The van der Waals surface area contributed by atoms with Crippen molar-refractivity contribution in [2.75, 3.05) is 5.32 Å². The molecule has 3 rings (SSSR count). The summed E-state index contributed by atoms with van der Waals surface area (Å²) < 4.78 is 0. The molecule has 0 radical (unpaired) electrons. The van der Waals surface area contributed by atoms with Crippen molar-refractivity contribution in [2.45, 2.75) is 27.3 Å². The highest BCUT2D eigenvalue weighted by Gasteiger charge is 2.07. The van der Waals surface area contributed by atoms with Gasteiger partial charge in [-0.1, -0.05) is 18.2 Å². The molecule has 0 aliphatic heterocycles. The maximum absolute atomic E-state index is 4.69. The van der Waals surface area contributed by atoms with Gasteiger partial charge < -0.3 is 5.32 Å². The Morgan fingerprint density at radius 1 is 1.10 bits per heavy atom. The Kier molecular flexibility index (Phi) is 3.40. The molecule has 1 aromatic carbocycles. The molecule has 2 aromatic heterocycles. The van der Waals surface area contributed by atoms with Gasteiger partial charge in [-0.2, -0.15) is 0 Å². The van der Waals surface area contributed by atoms with Gasteiger partial charge in [0.15, 0.2) is 0 Å². The summed E-state index contributed by atoms with van der Waals surface area (Å²) in [6.45, 7) is 6.96. The summed E-state index contributed by atoms with van der Waals surface area (Å²) in [7, 11) is 0. The van der Waals surface area contributed by atoms with E-state index in [-0.39, 0.29) is 0 Å². The average molecular weight is 283 g/mol. The summed E-state index contributed by atoms with van der Waals surface area (Å²) in [5.74, 6) is 0.939. The first-order valence-electron chi connectivity index (χ1n) is 6.66. The number of para-hydroxylation sites is 1. The van der Waals surface area contributed by atoms with Gasteiger partial charge in [-0.3, -0.25) is 0 Å². The van der Waals surface area contributed by atoms with Crippen molar-refractivity contribution in [2.24, 2.45) is 0 Å². The lowest BCUT2D eigenvalue weighted by molar-refractivity contribution is 1.02. The minimum Gasteiger partial charge on any atom is -0.364 e. The quantitative estimate of drug-likeness (QED) is 0.781. The Morgan fingerprint density at radius 3 is 2.65 bits per heavy atom. The molecular weight excluding hydrogens is 266 g/mol. The van der Waals surface area contributed by atoms with Gasteiger partial charge in [0, 0.05) is 10.3 Å². The molecular formula is C16H17N3S. The lowest BCUT2D eigenvalue weighted by Gasteiger charge is -2.09. The Bertz CT molecular complexity index is 762. The number of fused-ring (bicyclic) bond motifs is 1. The number of nitrogens with one attached hydrogen (secondary N) is 1. The second kappa shape index (κ2) is 5.21. The van der Waals surface area contributed by atoms with Crippen molar-refractivity contribution in [3.8, 4) is 0 Å². The second-order valence-corrected chi connectivity index (χ2v) is 6.34. The molecule has 2 heterocycles. The smallest absolute Gasteiger partial charge is 0.129 e. The number of thiazole rings is 1. The highest BCUT2D eigenvalue weighted by Crippen LogP contribution is 2.21. The molecule has 0 amide bonds. The molecule has 0 bridgehead atoms. The van der Waals surface area contributed by atoms with Crippen LogP contribution in [0.25, 0.3) is 10.9 Å². The van der Waals surface area contributed by atoms with E-state index in [9.17, 15) is 0 Å². The van der Waals surface area contributed by atoms with Crippen LogP contribution >= 0.6 is 11.3 Å². The summed E-state index contributed by atoms with van der Waals surface area (Å²) in [4.78, 5) is 10.5. The second-order valence-electron chi connectivity index (χ2n) is 4.94. The van der Waals surface area contributed by atoms with Gasteiger partial charge in [-0.15, -0.1) is 11.3 Å². The molecule has 3 nitrogen and oxygen atoms in total. The van der Waals surface area contributed by atoms with E-state index >= 15 is 0 Å². The van der Waals surface area contributed by atoms with Crippen LogP contribution in [0, 0.1) is 20.8 Å². The van der Waals surface area contributed by atoms with Crippen LogP contribution in [0.4, 0.5) is 5.82 Å². The van der Waals surface area contributed by atoms with Crippen LogP contribution in [0.2, 0.25) is 0 Å². The molecule has 102 valence electrons. The Balaban J connectivity index is 1.87. The third-order valence-electron chi connectivity index (χ3n) is 3.34. The highest BCUT2D eigenvalue weighted by atomic mass is 32.1. The molecule has 0 saturated carbocycles. The van der Waals surface area contributed by atoms with E-state index in [4.69, 9.17) is 4.98 Å². The molecule has 0 spiro atoms. The highest BCUT2D eigenvalue weighted by molar-refractivity contribution is 7.11. The average Bonchev–Trinajstić information content (AvgIpc) is 2.74. The van der Waals surface area contributed by atoms with E-state index < -0.39 is 0 Å². The molecule has 0 saturated heterocycles. The van der Waals surface area contributed by atoms with Crippen LogP contribution < -0.4 is 5.32 Å². The van der Waals surface area contributed by atoms with Crippen molar-refractivity contribution in [1.29, 1.82) is 0 Å². The minimum atomic E-state index is 0.725. The van der Waals surface area contributed by atoms with Crippen LogP contribution in [0.5, 0.6) is 0 Å². The van der Waals surface area contributed by atoms with E-state index in [1.165, 1.54) is 10.3 Å². The van der Waals surface area contributed by atoms with E-state index in [1.54, 1.807) is 11.3 Å². The summed E-state index contributed by atoms with van der Waals surface area (Å²) in [6, 6.07) is 10.4. The lowest BCUT2D eigenvalue weighted by atomic mass is 10.1. The molecule has 0 fully saturated rings. The number of benzene rings is 1. The fourth-order valence-corrected chi connectivity index (χ4v) is 3.14. The summed E-state index contributed by atoms with van der Waals surface area (Å²) in [5, 5.41) is 5.70. The Morgan fingerprint density at radius 2 is 1.90 bits per heavy atom. The van der Waals surface area contributed by atoms with Crippen molar-refractivity contribution >= 4 is 28.1 Å². The van der Waals surface area contributed by atoms with Crippen LogP contribution in [0.3, 0.4) is 0 Å². The number of hydrogen-bond donors (Lipinski definition) is 1. The fraction of sp³-hybridized carbons (Fsp3) is 0.250. The van der Waals surface area contributed by atoms with Gasteiger partial charge in [0.2, 0.25) is 0 Å². The van der Waals surface area contributed by atoms with Crippen molar-refractivity contribution in [3.63, 3.8) is 0 Å². The van der Waals surface area contributed by atoms with E-state index in [1.807, 2.05) is 25.1 Å². The van der Waals surface area contributed by atoms with Gasteiger partial charge in [0.05, 0.1) is 22.8 Å². The maximum Gasteiger partial charge on any atom is 0.129 e. The molecule has 1 N–H and O–H groups in total. The topological polar surface area (TPSA) is 37.8 Å². The van der Waals surface area contributed by atoms with Crippen LogP contribution in [0.1, 0.15) is 21.1 Å². The monoisotopic (exact) mass is 283 g/mol. The van der Waals surface area contributed by atoms with Gasteiger partial charge in [0.25, 0.3) is 0 Å². The number of aromatic nitrogens is 2. The van der Waals surface area contributed by atoms with Crippen molar-refractivity contribution in [3.05, 3.63) is 51.5 Å². The number of pyridine rings is 1. The van der Waals surface area contributed by atoms with Gasteiger partial charge in [-0.25, -0.2) is 9.97 Å². The standard InChI is InChI=1S/C16H17N3S/c1-10-8-13-6-4-5-7-14(13)19-16(10)17-9-15-11(2)20-12(3)18-15/h4-8H,9H2,1-3H3,(H,17,19). The molecule has 4 heteroatoms. The molecule has 3 aromatic rings. The first kappa shape index (κ1) is 13.1. The number of aryl methyl sites for hydroxylation is 3. The van der Waals surface area contributed by atoms with E-state index in [2.05, 4.69) is 36.3 Å². The van der Waals surface area contributed by atoms with E-state index in [0.717, 1.165) is 34.1 Å². The number of anilines is 1. The third-order valence-corrected chi connectivity index (χ3v) is 4.27. The van der Waals surface area contributed by atoms with Crippen molar-refractivity contribution < 1.29 is 0 Å². The van der Waals surface area contributed by atoms with Crippen LogP contribution in [-0.4, -0.2) is 9.97 Å².